The van der Waals surface area contributed by atoms with Gasteiger partial charge in [-0.3, -0.25) is 9.78 Å². The topological polar surface area (TPSA) is 51.7 Å². The molecule has 2 aromatic rings. The van der Waals surface area contributed by atoms with Gasteiger partial charge in [0.05, 0.1) is 30.7 Å². The quantitative estimate of drug-likeness (QED) is 0.812. The van der Waals surface area contributed by atoms with Gasteiger partial charge in [0.25, 0.3) is 5.91 Å². The zero-order valence-electron chi connectivity index (χ0n) is 15.4. The van der Waals surface area contributed by atoms with E-state index < -0.39 is 0 Å². The second-order valence-corrected chi connectivity index (χ2v) is 9.02. The fraction of sp³-hybridized carbons (Fsp3) is 0.524. The van der Waals surface area contributed by atoms with Crippen LogP contribution in [0.4, 0.5) is 0 Å². The monoisotopic (exact) mass is 384 g/mol. The van der Waals surface area contributed by atoms with E-state index in [1.54, 1.807) is 23.7 Å². The van der Waals surface area contributed by atoms with Crippen molar-refractivity contribution in [3.05, 3.63) is 51.5 Å². The Bertz CT molecular complexity index is 808. The predicted molar refractivity (Wildman–Crippen MR) is 103 cm³/mol. The fourth-order valence-corrected chi connectivity index (χ4v) is 5.64. The summed E-state index contributed by atoms with van der Waals surface area (Å²) < 4.78 is 12.2. The van der Waals surface area contributed by atoms with Crippen LogP contribution in [0.3, 0.4) is 0 Å². The highest BCUT2D eigenvalue weighted by Crippen LogP contribution is 2.38. The van der Waals surface area contributed by atoms with Crippen molar-refractivity contribution in [2.75, 3.05) is 19.7 Å². The molecule has 3 aliphatic rings. The number of pyridine rings is 1. The Hall–Kier alpha value is -1.76. The van der Waals surface area contributed by atoms with E-state index in [1.807, 2.05) is 17.0 Å². The first-order valence-electron chi connectivity index (χ1n) is 9.76. The van der Waals surface area contributed by atoms with Gasteiger partial charge >= 0.3 is 0 Å². The Morgan fingerprint density at radius 1 is 1.33 bits per heavy atom. The van der Waals surface area contributed by atoms with Crippen molar-refractivity contribution < 1.29 is 14.3 Å². The van der Waals surface area contributed by atoms with Crippen LogP contribution >= 0.6 is 11.3 Å². The van der Waals surface area contributed by atoms with Crippen LogP contribution in [0.25, 0.3) is 0 Å². The predicted octanol–water partition coefficient (Wildman–Crippen LogP) is 3.22. The summed E-state index contributed by atoms with van der Waals surface area (Å²) in [6.45, 7) is 2.68. The van der Waals surface area contributed by atoms with Gasteiger partial charge in [-0.25, -0.2) is 0 Å². The van der Waals surface area contributed by atoms with Gasteiger partial charge in [0.1, 0.15) is 5.60 Å². The molecule has 2 aromatic heterocycles. The number of ether oxygens (including phenoxy) is 2. The first-order valence-corrected chi connectivity index (χ1v) is 10.6. The van der Waals surface area contributed by atoms with Crippen molar-refractivity contribution in [3.63, 3.8) is 0 Å². The Balaban J connectivity index is 1.16. The Labute approximate surface area is 163 Å². The number of carbonyl (C=O) groups excluding carboxylic acids is 1. The fourth-order valence-electron chi connectivity index (χ4n) is 4.42. The molecule has 27 heavy (non-hydrogen) atoms. The van der Waals surface area contributed by atoms with Gasteiger partial charge in [0.2, 0.25) is 0 Å². The smallest absolute Gasteiger partial charge is 0.264 e. The number of fused-ring (bicyclic) bond motifs is 1. The lowest BCUT2D eigenvalue weighted by molar-refractivity contribution is -0.187. The standard InChI is InChI=1S/C21H24N2O3S/c24-20(19-10-16-2-1-3-18(16)27-19)23-13-21(14-23)11-17(6-9-26-21)25-12-15-4-7-22-8-5-15/h4-5,7-8,10,17H,1-3,6,9,11-14H2/t17-/m0/s1. The average Bonchev–Trinajstić information content (AvgIpc) is 3.27. The molecule has 5 nitrogen and oxygen atoms in total. The third-order valence-corrected chi connectivity index (χ3v) is 7.11. The minimum absolute atomic E-state index is 0.170. The normalized spacial score (nSPS) is 23.3. The molecule has 6 heteroatoms. The maximum atomic E-state index is 12.8. The Kier molecular flexibility index (Phi) is 4.50. The number of thiophene rings is 1. The molecule has 4 heterocycles. The zero-order chi connectivity index (χ0) is 18.3. The lowest BCUT2D eigenvalue weighted by Crippen LogP contribution is -2.67. The number of nitrogens with zero attached hydrogens (tertiary/aromatic N) is 2. The van der Waals surface area contributed by atoms with Gasteiger partial charge in [0, 0.05) is 30.3 Å². The lowest BCUT2D eigenvalue weighted by Gasteiger charge is -2.52. The summed E-state index contributed by atoms with van der Waals surface area (Å²) >= 11 is 1.69. The summed E-state index contributed by atoms with van der Waals surface area (Å²) in [4.78, 5) is 21.1. The summed E-state index contributed by atoms with van der Waals surface area (Å²) in [5, 5.41) is 0. The van der Waals surface area contributed by atoms with E-state index in [1.165, 1.54) is 16.9 Å². The van der Waals surface area contributed by atoms with E-state index in [0.29, 0.717) is 26.3 Å². The largest absolute Gasteiger partial charge is 0.373 e. The molecular weight excluding hydrogens is 360 g/mol. The van der Waals surface area contributed by atoms with E-state index in [9.17, 15) is 4.79 Å². The Morgan fingerprint density at radius 3 is 3.00 bits per heavy atom. The van der Waals surface area contributed by atoms with Crippen molar-refractivity contribution in [3.8, 4) is 0 Å². The van der Waals surface area contributed by atoms with Gasteiger partial charge in [-0.2, -0.15) is 0 Å². The van der Waals surface area contributed by atoms with Crippen LogP contribution in [-0.4, -0.2) is 47.2 Å². The highest BCUT2D eigenvalue weighted by Gasteiger charge is 2.50. The summed E-state index contributed by atoms with van der Waals surface area (Å²) in [6, 6.07) is 6.08. The molecule has 0 bridgehead atoms. The molecule has 2 aliphatic heterocycles. The molecule has 0 radical (unpaired) electrons. The van der Waals surface area contributed by atoms with Crippen LogP contribution in [0.15, 0.2) is 30.6 Å². The van der Waals surface area contributed by atoms with Crippen LogP contribution in [0.2, 0.25) is 0 Å². The van der Waals surface area contributed by atoms with Crippen LogP contribution < -0.4 is 0 Å². The van der Waals surface area contributed by atoms with Crippen LogP contribution in [0, 0.1) is 0 Å². The van der Waals surface area contributed by atoms with Gasteiger partial charge in [-0.05, 0) is 55.0 Å². The molecule has 0 N–H and O–H groups in total. The third kappa shape index (κ3) is 3.42. The lowest BCUT2D eigenvalue weighted by atomic mass is 9.84. The molecule has 1 spiro atoms. The zero-order valence-corrected chi connectivity index (χ0v) is 16.2. The number of aromatic nitrogens is 1. The van der Waals surface area contributed by atoms with E-state index >= 15 is 0 Å². The molecule has 2 saturated heterocycles. The van der Waals surface area contributed by atoms with Crippen LogP contribution in [-0.2, 0) is 28.9 Å². The number of aryl methyl sites for hydroxylation is 2. The van der Waals surface area contributed by atoms with Crippen molar-refractivity contribution in [2.45, 2.75) is 50.4 Å². The van der Waals surface area contributed by atoms with E-state index in [2.05, 4.69) is 11.1 Å². The number of carbonyl (C=O) groups is 1. The number of likely N-dealkylation sites (tertiary alicyclic amines) is 1. The molecule has 0 unspecified atom stereocenters. The second-order valence-electron chi connectivity index (χ2n) is 7.89. The van der Waals surface area contributed by atoms with Crippen molar-refractivity contribution in [2.24, 2.45) is 0 Å². The molecule has 1 atom stereocenters. The van der Waals surface area contributed by atoms with Crippen LogP contribution in [0.1, 0.15) is 44.9 Å². The van der Waals surface area contributed by atoms with E-state index in [4.69, 9.17) is 9.47 Å². The molecule has 1 amide bonds. The van der Waals surface area contributed by atoms with Gasteiger partial charge in [0.15, 0.2) is 0 Å². The average molecular weight is 385 g/mol. The van der Waals surface area contributed by atoms with Crippen molar-refractivity contribution in [1.82, 2.24) is 9.88 Å². The molecule has 142 valence electrons. The van der Waals surface area contributed by atoms with Gasteiger partial charge in [-0.1, -0.05) is 0 Å². The first kappa shape index (κ1) is 17.3. The van der Waals surface area contributed by atoms with E-state index in [0.717, 1.165) is 36.1 Å². The van der Waals surface area contributed by atoms with Crippen molar-refractivity contribution in [1.29, 1.82) is 0 Å². The molecular formula is C21H24N2O3S. The Morgan fingerprint density at radius 2 is 2.19 bits per heavy atom. The maximum absolute atomic E-state index is 12.8. The maximum Gasteiger partial charge on any atom is 0.264 e. The first-order chi connectivity index (χ1) is 13.2. The SMILES string of the molecule is O=C(c1cc2c(s1)CCC2)N1CC2(C[C@@H](OCc3ccncc3)CCO2)C1. The highest BCUT2D eigenvalue weighted by molar-refractivity contribution is 7.14. The van der Waals surface area contributed by atoms with Crippen LogP contribution in [0.5, 0.6) is 0 Å². The number of hydrogen-bond donors (Lipinski definition) is 0. The molecule has 0 saturated carbocycles. The number of amides is 1. The summed E-state index contributed by atoms with van der Waals surface area (Å²) in [5.41, 5.74) is 2.32. The summed E-state index contributed by atoms with van der Waals surface area (Å²) in [7, 11) is 0. The second kappa shape index (κ2) is 7.00. The minimum atomic E-state index is -0.212. The van der Waals surface area contributed by atoms with E-state index in [-0.39, 0.29) is 17.6 Å². The van der Waals surface area contributed by atoms with Gasteiger partial charge in [-0.15, -0.1) is 11.3 Å². The van der Waals surface area contributed by atoms with Gasteiger partial charge < -0.3 is 14.4 Å². The summed E-state index contributed by atoms with van der Waals surface area (Å²) in [5.74, 6) is 0.170. The molecule has 5 rings (SSSR count). The minimum Gasteiger partial charge on any atom is -0.373 e. The molecule has 0 aromatic carbocycles. The number of rotatable bonds is 4. The third-order valence-electron chi connectivity index (χ3n) is 5.89. The number of hydrogen-bond acceptors (Lipinski definition) is 5. The summed E-state index contributed by atoms with van der Waals surface area (Å²) in [6.07, 6.45) is 9.05. The van der Waals surface area contributed by atoms with Crippen molar-refractivity contribution >= 4 is 17.2 Å². The molecule has 2 fully saturated rings. The highest BCUT2D eigenvalue weighted by atomic mass is 32.1. The molecule has 1 aliphatic carbocycles.